The van der Waals surface area contributed by atoms with Gasteiger partial charge in [0.25, 0.3) is 0 Å². The van der Waals surface area contributed by atoms with Crippen molar-refractivity contribution in [1.29, 1.82) is 0 Å². The molecule has 2 heterocycles. The molecular formula is C15H24N2O2. The average molecular weight is 264 g/mol. The molecule has 1 N–H and O–H groups in total. The summed E-state index contributed by atoms with van der Waals surface area (Å²) in [5.41, 5.74) is 0.547. The lowest BCUT2D eigenvalue weighted by Gasteiger charge is -2.39. The van der Waals surface area contributed by atoms with Crippen LogP contribution in [0.5, 0.6) is 5.75 Å². The Labute approximate surface area is 115 Å². The standard InChI is InChI=1S/C15H24N2O2/c1-4-19-13-9-12(10-16-11-13)14(18)15(2,3)17-7-5-6-8-17/h9-11,14,18H,4-8H2,1-3H3. The predicted molar refractivity (Wildman–Crippen MR) is 75.3 cm³/mol. The highest BCUT2D eigenvalue weighted by Gasteiger charge is 2.36. The van der Waals surface area contributed by atoms with Crippen LogP contribution in [0.1, 0.15) is 45.3 Å². The van der Waals surface area contributed by atoms with Crippen LogP contribution in [0.15, 0.2) is 18.5 Å². The van der Waals surface area contributed by atoms with E-state index < -0.39 is 6.10 Å². The summed E-state index contributed by atoms with van der Waals surface area (Å²) in [6.45, 7) is 8.85. The van der Waals surface area contributed by atoms with E-state index in [0.717, 1.165) is 24.4 Å². The van der Waals surface area contributed by atoms with E-state index in [9.17, 15) is 5.11 Å². The topological polar surface area (TPSA) is 45.6 Å². The van der Waals surface area contributed by atoms with E-state index in [1.807, 2.05) is 13.0 Å². The maximum atomic E-state index is 10.7. The maximum Gasteiger partial charge on any atom is 0.137 e. The van der Waals surface area contributed by atoms with Gasteiger partial charge >= 0.3 is 0 Å². The summed E-state index contributed by atoms with van der Waals surface area (Å²) in [5, 5.41) is 10.7. The summed E-state index contributed by atoms with van der Waals surface area (Å²) in [6.07, 6.45) is 5.28. The summed E-state index contributed by atoms with van der Waals surface area (Å²) in [7, 11) is 0. The van der Waals surface area contributed by atoms with Gasteiger partial charge in [-0.25, -0.2) is 0 Å². The van der Waals surface area contributed by atoms with Gasteiger partial charge in [-0.2, -0.15) is 0 Å². The van der Waals surface area contributed by atoms with Gasteiger partial charge in [-0.3, -0.25) is 9.88 Å². The van der Waals surface area contributed by atoms with Crippen molar-refractivity contribution in [3.05, 3.63) is 24.0 Å². The lowest BCUT2D eigenvalue weighted by atomic mass is 9.90. The first-order chi connectivity index (χ1) is 9.05. The van der Waals surface area contributed by atoms with Crippen LogP contribution in [0.2, 0.25) is 0 Å². The van der Waals surface area contributed by atoms with Crippen molar-refractivity contribution in [2.45, 2.75) is 45.3 Å². The van der Waals surface area contributed by atoms with Crippen LogP contribution in [-0.2, 0) is 0 Å². The minimum absolute atomic E-state index is 0.275. The molecule has 1 fully saturated rings. The summed E-state index contributed by atoms with van der Waals surface area (Å²) >= 11 is 0. The highest BCUT2D eigenvalue weighted by molar-refractivity contribution is 5.27. The minimum atomic E-state index is -0.557. The van der Waals surface area contributed by atoms with Crippen LogP contribution in [0, 0.1) is 0 Å². The molecule has 0 aromatic carbocycles. The molecule has 0 saturated carbocycles. The molecule has 4 heteroatoms. The summed E-state index contributed by atoms with van der Waals surface area (Å²) in [4.78, 5) is 6.51. The van der Waals surface area contributed by atoms with Crippen molar-refractivity contribution < 1.29 is 9.84 Å². The Hall–Kier alpha value is -1.13. The highest BCUT2D eigenvalue weighted by atomic mass is 16.5. The van der Waals surface area contributed by atoms with Gasteiger partial charge in [0.05, 0.1) is 18.9 Å². The van der Waals surface area contributed by atoms with E-state index in [1.54, 1.807) is 12.4 Å². The normalized spacial score (nSPS) is 18.5. The highest BCUT2D eigenvalue weighted by Crippen LogP contribution is 2.34. The first-order valence-corrected chi connectivity index (χ1v) is 7.06. The largest absolute Gasteiger partial charge is 0.492 e. The lowest BCUT2D eigenvalue weighted by molar-refractivity contribution is 0.00101. The van der Waals surface area contributed by atoms with E-state index in [1.165, 1.54) is 12.8 Å². The SMILES string of the molecule is CCOc1cncc(C(O)C(C)(C)N2CCCC2)c1. The number of likely N-dealkylation sites (tertiary alicyclic amines) is 1. The Morgan fingerprint density at radius 2 is 2.05 bits per heavy atom. The third-order valence-corrected chi connectivity index (χ3v) is 3.95. The second-order valence-corrected chi connectivity index (χ2v) is 5.64. The zero-order valence-electron chi connectivity index (χ0n) is 12.1. The molecule has 0 bridgehead atoms. The van der Waals surface area contributed by atoms with Crippen LogP contribution >= 0.6 is 0 Å². The maximum absolute atomic E-state index is 10.7. The summed E-state index contributed by atoms with van der Waals surface area (Å²) in [5.74, 6) is 0.719. The van der Waals surface area contributed by atoms with Crippen LogP contribution in [0.4, 0.5) is 0 Å². The molecule has 19 heavy (non-hydrogen) atoms. The third kappa shape index (κ3) is 3.07. The number of nitrogens with zero attached hydrogens (tertiary/aromatic N) is 2. The second-order valence-electron chi connectivity index (χ2n) is 5.64. The monoisotopic (exact) mass is 264 g/mol. The molecule has 0 spiro atoms. The molecule has 2 rings (SSSR count). The minimum Gasteiger partial charge on any atom is -0.492 e. The fourth-order valence-electron chi connectivity index (χ4n) is 2.70. The fraction of sp³-hybridized carbons (Fsp3) is 0.667. The number of aromatic nitrogens is 1. The van der Waals surface area contributed by atoms with Gasteiger partial charge in [0.1, 0.15) is 5.75 Å². The zero-order valence-corrected chi connectivity index (χ0v) is 12.1. The number of ether oxygens (including phenoxy) is 1. The number of aliphatic hydroxyl groups is 1. The molecular weight excluding hydrogens is 240 g/mol. The van der Waals surface area contributed by atoms with Crippen molar-refractivity contribution in [3.8, 4) is 5.75 Å². The first kappa shape index (κ1) is 14.3. The summed E-state index contributed by atoms with van der Waals surface area (Å²) < 4.78 is 5.45. The van der Waals surface area contributed by atoms with Crippen molar-refractivity contribution in [3.63, 3.8) is 0 Å². The molecule has 0 amide bonds. The molecule has 1 unspecified atom stereocenters. The van der Waals surface area contributed by atoms with Gasteiger partial charge in [0.2, 0.25) is 0 Å². The molecule has 1 aliphatic rings. The molecule has 1 aliphatic heterocycles. The Morgan fingerprint density at radius 1 is 1.37 bits per heavy atom. The van der Waals surface area contributed by atoms with Gasteiger partial charge in [0, 0.05) is 17.3 Å². The number of hydrogen-bond acceptors (Lipinski definition) is 4. The van der Waals surface area contributed by atoms with E-state index in [0.29, 0.717) is 6.61 Å². The van der Waals surface area contributed by atoms with Crippen LogP contribution in [-0.4, -0.2) is 40.2 Å². The van der Waals surface area contributed by atoms with Crippen LogP contribution < -0.4 is 4.74 Å². The van der Waals surface area contributed by atoms with E-state index in [4.69, 9.17) is 4.74 Å². The van der Waals surface area contributed by atoms with Crippen molar-refractivity contribution in [2.24, 2.45) is 0 Å². The quantitative estimate of drug-likeness (QED) is 0.887. The Morgan fingerprint density at radius 3 is 2.68 bits per heavy atom. The number of hydrogen-bond donors (Lipinski definition) is 1. The molecule has 1 aromatic rings. The van der Waals surface area contributed by atoms with Gasteiger partial charge in [0.15, 0.2) is 0 Å². The van der Waals surface area contributed by atoms with E-state index in [-0.39, 0.29) is 5.54 Å². The first-order valence-electron chi connectivity index (χ1n) is 7.06. The molecule has 1 atom stereocenters. The molecule has 106 valence electrons. The average Bonchev–Trinajstić information content (AvgIpc) is 2.93. The zero-order chi connectivity index (χ0) is 13.9. The van der Waals surface area contributed by atoms with E-state index in [2.05, 4.69) is 23.7 Å². The molecule has 4 nitrogen and oxygen atoms in total. The lowest BCUT2D eigenvalue weighted by Crippen LogP contribution is -2.46. The Balaban J connectivity index is 2.17. The number of rotatable bonds is 5. The third-order valence-electron chi connectivity index (χ3n) is 3.95. The van der Waals surface area contributed by atoms with Gasteiger partial charge in [-0.05, 0) is 52.8 Å². The van der Waals surface area contributed by atoms with Crippen LogP contribution in [0.3, 0.4) is 0 Å². The van der Waals surface area contributed by atoms with Crippen molar-refractivity contribution >= 4 is 0 Å². The van der Waals surface area contributed by atoms with Gasteiger partial charge in [-0.1, -0.05) is 0 Å². The fourth-order valence-corrected chi connectivity index (χ4v) is 2.70. The van der Waals surface area contributed by atoms with Crippen LogP contribution in [0.25, 0.3) is 0 Å². The van der Waals surface area contributed by atoms with Gasteiger partial charge in [-0.15, -0.1) is 0 Å². The molecule has 1 aromatic heterocycles. The summed E-state index contributed by atoms with van der Waals surface area (Å²) in [6, 6.07) is 1.89. The van der Waals surface area contributed by atoms with Crippen molar-refractivity contribution in [2.75, 3.05) is 19.7 Å². The molecule has 1 saturated heterocycles. The number of pyridine rings is 1. The smallest absolute Gasteiger partial charge is 0.137 e. The number of aliphatic hydroxyl groups excluding tert-OH is 1. The molecule has 0 radical (unpaired) electrons. The predicted octanol–water partition coefficient (Wildman–Crippen LogP) is 2.39. The molecule has 0 aliphatic carbocycles. The Kier molecular flexibility index (Phi) is 4.42. The van der Waals surface area contributed by atoms with E-state index >= 15 is 0 Å². The Bertz CT molecular complexity index is 414. The van der Waals surface area contributed by atoms with Gasteiger partial charge < -0.3 is 9.84 Å². The second kappa shape index (κ2) is 5.88. The van der Waals surface area contributed by atoms with Crippen molar-refractivity contribution in [1.82, 2.24) is 9.88 Å².